The van der Waals surface area contributed by atoms with Crippen LogP contribution in [-0.4, -0.2) is 63.3 Å². The van der Waals surface area contributed by atoms with Gasteiger partial charge in [0.05, 0.1) is 25.7 Å². The van der Waals surface area contributed by atoms with Crippen LogP contribution in [0.15, 0.2) is 94.9 Å². The van der Waals surface area contributed by atoms with Crippen molar-refractivity contribution < 1.29 is 31.9 Å². The van der Waals surface area contributed by atoms with E-state index in [2.05, 4.69) is 6.58 Å². The standard InChI is InChI=1S/C31H32F4N4O3/c1-21-29(37-16-14-36(15-17-37)19-25-12-13-28(42-25)31(33,34)35)30(41)39(20-27(40)23-8-4-3-5-9-23)22(2)38(21)18-24-10-6-7-11-26(24)32/h3-13,27,40H,2,14-20H2,1H3/t27-/m0/s1. The number of alkyl halides is 3. The number of β-amino-alcohol motifs (C(OH)–C–C–N with tert-alkyl or cyclic N) is 1. The molecule has 0 saturated carbocycles. The fourth-order valence-electron chi connectivity index (χ4n) is 5.34. The van der Waals surface area contributed by atoms with E-state index in [-0.39, 0.29) is 37.1 Å². The lowest BCUT2D eigenvalue weighted by Crippen LogP contribution is -2.53. The van der Waals surface area contributed by atoms with Gasteiger partial charge in [-0.25, -0.2) is 4.39 Å². The molecule has 1 atom stereocenters. The predicted molar refractivity (Wildman–Crippen MR) is 147 cm³/mol. The summed E-state index contributed by atoms with van der Waals surface area (Å²) in [4.78, 5) is 21.1. The van der Waals surface area contributed by atoms with E-state index in [9.17, 15) is 27.5 Å². The molecule has 11 heteroatoms. The van der Waals surface area contributed by atoms with Gasteiger partial charge in [-0.15, -0.1) is 0 Å². The summed E-state index contributed by atoms with van der Waals surface area (Å²) >= 11 is 0. The molecule has 2 aliphatic heterocycles. The van der Waals surface area contributed by atoms with E-state index in [0.29, 0.717) is 54.5 Å². The van der Waals surface area contributed by atoms with Gasteiger partial charge in [0.15, 0.2) is 0 Å². The quantitative estimate of drug-likeness (QED) is 0.361. The molecule has 0 spiro atoms. The van der Waals surface area contributed by atoms with Crippen LogP contribution >= 0.6 is 0 Å². The van der Waals surface area contributed by atoms with Gasteiger partial charge in [-0.2, -0.15) is 13.2 Å². The Bertz CT molecular complexity index is 1460. The highest BCUT2D eigenvalue weighted by atomic mass is 19.4. The number of aliphatic hydroxyl groups is 1. The zero-order chi connectivity index (χ0) is 30.0. The van der Waals surface area contributed by atoms with Crippen LogP contribution in [0.3, 0.4) is 0 Å². The molecule has 222 valence electrons. The van der Waals surface area contributed by atoms with Crippen molar-refractivity contribution in [1.82, 2.24) is 19.6 Å². The van der Waals surface area contributed by atoms with E-state index in [0.717, 1.165) is 6.07 Å². The summed E-state index contributed by atoms with van der Waals surface area (Å²) in [7, 11) is 0. The average Bonchev–Trinajstić information content (AvgIpc) is 3.45. The van der Waals surface area contributed by atoms with Crippen molar-refractivity contribution in [2.75, 3.05) is 32.7 Å². The molecule has 0 bridgehead atoms. The lowest BCUT2D eigenvalue weighted by atomic mass is 10.1. The number of benzene rings is 2. The summed E-state index contributed by atoms with van der Waals surface area (Å²) in [5.74, 6) is -1.19. The molecule has 2 aromatic carbocycles. The van der Waals surface area contributed by atoms with Crippen LogP contribution in [-0.2, 0) is 24.1 Å². The van der Waals surface area contributed by atoms with Crippen LogP contribution < -0.4 is 0 Å². The van der Waals surface area contributed by atoms with Gasteiger partial charge in [-0.3, -0.25) is 14.6 Å². The number of allylic oxidation sites excluding steroid dienone is 1. The van der Waals surface area contributed by atoms with Crippen LogP contribution in [0.4, 0.5) is 17.6 Å². The Balaban J connectivity index is 1.37. The summed E-state index contributed by atoms with van der Waals surface area (Å²) in [6.45, 7) is 8.06. The number of amides is 1. The molecular formula is C31H32F4N4O3. The van der Waals surface area contributed by atoms with Crippen molar-refractivity contribution in [2.45, 2.75) is 32.3 Å². The highest BCUT2D eigenvalue weighted by Gasteiger charge is 2.39. The van der Waals surface area contributed by atoms with Crippen molar-refractivity contribution in [3.63, 3.8) is 0 Å². The molecule has 7 nitrogen and oxygen atoms in total. The summed E-state index contributed by atoms with van der Waals surface area (Å²) in [6.07, 6.45) is -5.52. The molecule has 1 fully saturated rings. The van der Waals surface area contributed by atoms with Gasteiger partial charge in [0.25, 0.3) is 5.91 Å². The van der Waals surface area contributed by atoms with Gasteiger partial charge in [0.1, 0.15) is 23.1 Å². The highest BCUT2D eigenvalue weighted by Crippen LogP contribution is 2.34. The van der Waals surface area contributed by atoms with Crippen LogP contribution in [0, 0.1) is 5.82 Å². The van der Waals surface area contributed by atoms with E-state index in [1.165, 1.54) is 17.0 Å². The minimum Gasteiger partial charge on any atom is -0.455 e. The topological polar surface area (TPSA) is 63.4 Å². The van der Waals surface area contributed by atoms with Gasteiger partial charge in [0.2, 0.25) is 5.76 Å². The van der Waals surface area contributed by atoms with Gasteiger partial charge < -0.3 is 19.3 Å². The number of carbonyl (C=O) groups is 1. The lowest BCUT2D eigenvalue weighted by molar-refractivity contribution is -0.153. The lowest BCUT2D eigenvalue weighted by Gasteiger charge is -2.45. The van der Waals surface area contributed by atoms with Gasteiger partial charge in [-0.05, 0) is 30.7 Å². The zero-order valence-corrected chi connectivity index (χ0v) is 23.1. The van der Waals surface area contributed by atoms with Crippen LogP contribution in [0.1, 0.15) is 35.7 Å². The van der Waals surface area contributed by atoms with Crippen molar-refractivity contribution in [2.24, 2.45) is 0 Å². The summed E-state index contributed by atoms with van der Waals surface area (Å²) in [6, 6.07) is 17.6. The molecule has 0 aliphatic carbocycles. The van der Waals surface area contributed by atoms with E-state index in [1.807, 2.05) is 15.9 Å². The smallest absolute Gasteiger partial charge is 0.449 e. The van der Waals surface area contributed by atoms with E-state index in [1.54, 1.807) is 54.3 Å². The molecule has 0 unspecified atom stereocenters. The van der Waals surface area contributed by atoms with Crippen molar-refractivity contribution >= 4 is 5.91 Å². The van der Waals surface area contributed by atoms with Crippen LogP contribution in [0.25, 0.3) is 0 Å². The molecule has 1 N–H and O–H groups in total. The second kappa shape index (κ2) is 12.0. The van der Waals surface area contributed by atoms with Gasteiger partial charge in [-0.1, -0.05) is 55.1 Å². The fraction of sp³-hybridized carbons (Fsp3) is 0.323. The van der Waals surface area contributed by atoms with E-state index >= 15 is 0 Å². The number of furan rings is 1. The number of hydrogen-bond donors (Lipinski definition) is 1. The molecule has 1 saturated heterocycles. The Hall–Kier alpha value is -4.09. The summed E-state index contributed by atoms with van der Waals surface area (Å²) < 4.78 is 58.5. The Morgan fingerprint density at radius 3 is 2.24 bits per heavy atom. The summed E-state index contributed by atoms with van der Waals surface area (Å²) in [5, 5.41) is 11.0. The molecule has 5 rings (SSSR count). The Morgan fingerprint density at radius 2 is 1.60 bits per heavy atom. The normalized spacial score (nSPS) is 17.8. The molecule has 42 heavy (non-hydrogen) atoms. The Kier molecular flexibility index (Phi) is 8.42. The second-order valence-corrected chi connectivity index (χ2v) is 10.4. The molecule has 3 heterocycles. The molecule has 3 aromatic rings. The number of aliphatic hydroxyl groups excluding tert-OH is 1. The van der Waals surface area contributed by atoms with E-state index < -0.39 is 18.0 Å². The number of rotatable bonds is 8. The SMILES string of the molecule is C=C1N(C[C@H](O)c2ccccc2)C(=O)C(N2CCN(Cc3ccc(C(F)(F)F)o3)CC2)=C(C)N1Cc1ccccc1F. The third-order valence-corrected chi connectivity index (χ3v) is 7.65. The monoisotopic (exact) mass is 584 g/mol. The van der Waals surface area contributed by atoms with Crippen molar-refractivity contribution in [3.8, 4) is 0 Å². The number of nitrogens with zero attached hydrogens (tertiary/aromatic N) is 4. The number of carbonyl (C=O) groups excluding carboxylic acids is 1. The molecular weight excluding hydrogens is 552 g/mol. The predicted octanol–water partition coefficient (Wildman–Crippen LogP) is 5.34. The molecule has 2 aliphatic rings. The highest BCUT2D eigenvalue weighted by molar-refractivity contribution is 5.96. The van der Waals surface area contributed by atoms with Gasteiger partial charge >= 0.3 is 6.18 Å². The number of piperazine rings is 1. The van der Waals surface area contributed by atoms with Crippen molar-refractivity contribution in [3.05, 3.63) is 119 Å². The second-order valence-electron chi connectivity index (χ2n) is 10.4. The Morgan fingerprint density at radius 1 is 0.929 bits per heavy atom. The minimum atomic E-state index is -4.54. The van der Waals surface area contributed by atoms with Crippen LogP contribution in [0.5, 0.6) is 0 Å². The third-order valence-electron chi connectivity index (χ3n) is 7.65. The first-order valence-electron chi connectivity index (χ1n) is 13.6. The molecule has 1 aromatic heterocycles. The van der Waals surface area contributed by atoms with Crippen LogP contribution in [0.2, 0.25) is 0 Å². The molecule has 0 radical (unpaired) electrons. The average molecular weight is 585 g/mol. The van der Waals surface area contributed by atoms with Crippen molar-refractivity contribution in [1.29, 1.82) is 0 Å². The first-order valence-corrected chi connectivity index (χ1v) is 13.6. The number of halogens is 4. The zero-order valence-electron chi connectivity index (χ0n) is 23.1. The maximum absolute atomic E-state index is 14.7. The number of hydrogen-bond acceptors (Lipinski definition) is 6. The first-order chi connectivity index (χ1) is 20.0. The molecule has 1 amide bonds. The maximum Gasteiger partial charge on any atom is 0.449 e. The minimum absolute atomic E-state index is 0.0494. The largest absolute Gasteiger partial charge is 0.455 e. The maximum atomic E-state index is 14.7. The first kappa shape index (κ1) is 29.4. The fourth-order valence-corrected chi connectivity index (χ4v) is 5.34. The Labute approximate surface area is 241 Å². The van der Waals surface area contributed by atoms with Gasteiger partial charge in [0, 0.05) is 37.4 Å². The van der Waals surface area contributed by atoms with E-state index in [4.69, 9.17) is 4.42 Å². The third kappa shape index (κ3) is 6.22. The summed E-state index contributed by atoms with van der Waals surface area (Å²) in [5.41, 5.74) is 2.09.